The predicted molar refractivity (Wildman–Crippen MR) is 141 cm³/mol. The Morgan fingerprint density at radius 1 is 0.972 bits per heavy atom. The van der Waals surface area contributed by atoms with Crippen LogP contribution in [-0.4, -0.2) is 32.9 Å². The van der Waals surface area contributed by atoms with Crippen molar-refractivity contribution >= 4 is 22.6 Å². The van der Waals surface area contributed by atoms with Crippen molar-refractivity contribution in [3.63, 3.8) is 0 Å². The molecule has 3 aromatic rings. The minimum Gasteiger partial charge on any atom is -0.367 e. The van der Waals surface area contributed by atoms with E-state index in [4.69, 9.17) is 0 Å². The van der Waals surface area contributed by atoms with Crippen molar-refractivity contribution in [2.24, 2.45) is 5.92 Å². The molecule has 3 aliphatic carbocycles. The number of nitrogens with one attached hydrogen (secondary N) is 1. The number of hydrogen-bond donors (Lipinski definition) is 1. The molecular formula is C30H35FN4O. The van der Waals surface area contributed by atoms with Gasteiger partial charge < -0.3 is 10.2 Å². The monoisotopic (exact) mass is 486 g/mol. The van der Waals surface area contributed by atoms with Gasteiger partial charge in [-0.25, -0.2) is 14.4 Å². The number of fused-ring (bicyclic) bond motifs is 1. The van der Waals surface area contributed by atoms with Gasteiger partial charge in [-0.1, -0.05) is 31.4 Å². The van der Waals surface area contributed by atoms with Crippen LogP contribution in [-0.2, 0) is 11.3 Å². The van der Waals surface area contributed by atoms with Crippen LogP contribution < -0.4 is 5.32 Å². The number of anilines is 1. The summed E-state index contributed by atoms with van der Waals surface area (Å²) in [5.41, 5.74) is 3.45. The van der Waals surface area contributed by atoms with Gasteiger partial charge in [0.2, 0.25) is 5.91 Å². The van der Waals surface area contributed by atoms with Crippen LogP contribution in [0, 0.1) is 18.7 Å². The second-order valence-electron chi connectivity index (χ2n) is 11.0. The van der Waals surface area contributed by atoms with Crippen LogP contribution in [0.5, 0.6) is 0 Å². The zero-order valence-electron chi connectivity index (χ0n) is 21.1. The van der Waals surface area contributed by atoms with Crippen LogP contribution in [0.2, 0.25) is 0 Å². The van der Waals surface area contributed by atoms with E-state index >= 15 is 0 Å². The van der Waals surface area contributed by atoms with Crippen molar-refractivity contribution in [1.29, 1.82) is 0 Å². The quantitative estimate of drug-likeness (QED) is 0.381. The standard InChI is InChI=1S/C30H35FN4O/c1-19-32-28-14-8-22(17-26(28)30(33-19)34-24-9-10-24)21-7-13-27(31)23(16-21)18-35(25-11-12-25)29(36)15-20-5-3-2-4-6-20/h7-8,13-14,16-17,20,24-25H,2-6,9-12,15,18H2,1H3,(H,32,33,34). The third-order valence-electron chi connectivity index (χ3n) is 7.94. The molecule has 5 nitrogen and oxygen atoms in total. The van der Waals surface area contributed by atoms with Crippen molar-refractivity contribution in [1.82, 2.24) is 14.9 Å². The minimum atomic E-state index is -0.245. The molecule has 36 heavy (non-hydrogen) atoms. The lowest BCUT2D eigenvalue weighted by atomic mass is 9.86. The SMILES string of the molecule is Cc1nc(NC2CC2)c2cc(-c3ccc(F)c(CN(C(=O)CC4CCCCC4)C4CC4)c3)ccc2n1. The average molecular weight is 487 g/mol. The van der Waals surface area contributed by atoms with Gasteiger partial charge in [0.05, 0.1) is 5.52 Å². The molecular weight excluding hydrogens is 451 g/mol. The van der Waals surface area contributed by atoms with E-state index in [9.17, 15) is 9.18 Å². The van der Waals surface area contributed by atoms with E-state index in [-0.39, 0.29) is 17.8 Å². The van der Waals surface area contributed by atoms with Gasteiger partial charge in [0.15, 0.2) is 0 Å². The van der Waals surface area contributed by atoms with Gasteiger partial charge in [-0.3, -0.25) is 4.79 Å². The Kier molecular flexibility index (Phi) is 6.36. The number of halogens is 1. The Bertz CT molecular complexity index is 1280. The number of benzene rings is 2. The average Bonchev–Trinajstić information content (AvgIpc) is 3.80. The lowest BCUT2D eigenvalue weighted by Crippen LogP contribution is -2.34. The molecule has 2 aromatic carbocycles. The van der Waals surface area contributed by atoms with E-state index < -0.39 is 0 Å². The molecule has 1 amide bonds. The number of aromatic nitrogens is 2. The fourth-order valence-electron chi connectivity index (χ4n) is 5.58. The number of amides is 1. The van der Waals surface area contributed by atoms with Gasteiger partial charge in [0, 0.05) is 36.0 Å². The number of aryl methyl sites for hydroxylation is 1. The van der Waals surface area contributed by atoms with E-state index in [0.717, 1.165) is 59.4 Å². The molecule has 0 saturated heterocycles. The van der Waals surface area contributed by atoms with Crippen LogP contribution >= 0.6 is 0 Å². The highest BCUT2D eigenvalue weighted by atomic mass is 19.1. The van der Waals surface area contributed by atoms with Crippen molar-refractivity contribution < 1.29 is 9.18 Å². The molecule has 1 aromatic heterocycles. The predicted octanol–water partition coefficient (Wildman–Crippen LogP) is 6.78. The zero-order valence-corrected chi connectivity index (χ0v) is 21.1. The van der Waals surface area contributed by atoms with Gasteiger partial charge in [0.25, 0.3) is 0 Å². The second-order valence-corrected chi connectivity index (χ2v) is 11.0. The molecule has 1 N–H and O–H groups in total. The van der Waals surface area contributed by atoms with E-state index in [0.29, 0.717) is 30.5 Å². The summed E-state index contributed by atoms with van der Waals surface area (Å²) in [6.45, 7) is 2.26. The fraction of sp³-hybridized carbons (Fsp3) is 0.500. The van der Waals surface area contributed by atoms with Crippen LogP contribution in [0.1, 0.15) is 75.6 Å². The Hall–Kier alpha value is -3.02. The first-order valence-electron chi connectivity index (χ1n) is 13.7. The Morgan fingerprint density at radius 3 is 2.47 bits per heavy atom. The Labute approximate surface area is 212 Å². The topological polar surface area (TPSA) is 58.1 Å². The summed E-state index contributed by atoms with van der Waals surface area (Å²) in [7, 11) is 0. The first-order valence-corrected chi connectivity index (χ1v) is 13.7. The normalized spacial score (nSPS) is 18.4. The number of carbonyl (C=O) groups is 1. The molecule has 6 rings (SSSR count). The number of nitrogens with zero attached hydrogens (tertiary/aromatic N) is 3. The van der Waals surface area contributed by atoms with Crippen molar-refractivity contribution in [3.05, 3.63) is 53.6 Å². The van der Waals surface area contributed by atoms with E-state index in [1.54, 1.807) is 6.07 Å². The smallest absolute Gasteiger partial charge is 0.223 e. The van der Waals surface area contributed by atoms with Gasteiger partial charge >= 0.3 is 0 Å². The minimum absolute atomic E-state index is 0.197. The molecule has 3 aliphatic rings. The van der Waals surface area contributed by atoms with Crippen LogP contribution in [0.4, 0.5) is 10.2 Å². The molecule has 0 spiro atoms. The van der Waals surface area contributed by atoms with Crippen LogP contribution in [0.25, 0.3) is 22.0 Å². The van der Waals surface area contributed by atoms with Crippen molar-refractivity contribution in [2.45, 2.75) is 89.8 Å². The van der Waals surface area contributed by atoms with E-state index in [1.165, 1.54) is 32.1 Å². The zero-order chi connectivity index (χ0) is 24.6. The maximum Gasteiger partial charge on any atom is 0.223 e. The third-order valence-corrected chi connectivity index (χ3v) is 7.94. The first-order chi connectivity index (χ1) is 17.5. The summed E-state index contributed by atoms with van der Waals surface area (Å²) in [4.78, 5) is 24.5. The molecule has 0 atom stereocenters. The largest absolute Gasteiger partial charge is 0.367 e. The molecule has 3 fully saturated rings. The van der Waals surface area contributed by atoms with Crippen molar-refractivity contribution in [2.75, 3.05) is 5.32 Å². The Balaban J connectivity index is 1.26. The lowest BCUT2D eigenvalue weighted by Gasteiger charge is -2.27. The Morgan fingerprint density at radius 2 is 1.72 bits per heavy atom. The summed E-state index contributed by atoms with van der Waals surface area (Å²) in [6, 6.07) is 12.2. The number of carbonyl (C=O) groups excluding carboxylic acids is 1. The van der Waals surface area contributed by atoms with E-state index in [1.807, 2.05) is 36.1 Å². The van der Waals surface area contributed by atoms with Gasteiger partial charge in [-0.05, 0) is 86.8 Å². The van der Waals surface area contributed by atoms with Crippen molar-refractivity contribution in [3.8, 4) is 11.1 Å². The highest BCUT2D eigenvalue weighted by molar-refractivity contribution is 5.93. The van der Waals surface area contributed by atoms with E-state index in [2.05, 4.69) is 21.4 Å². The van der Waals surface area contributed by atoms with Gasteiger partial charge in [0.1, 0.15) is 17.5 Å². The molecule has 188 valence electrons. The molecule has 1 heterocycles. The summed E-state index contributed by atoms with van der Waals surface area (Å²) in [5.74, 6) is 2.07. The molecule has 0 unspecified atom stereocenters. The maximum absolute atomic E-state index is 15.0. The van der Waals surface area contributed by atoms with Crippen LogP contribution in [0.15, 0.2) is 36.4 Å². The number of hydrogen-bond acceptors (Lipinski definition) is 4. The second kappa shape index (κ2) is 9.79. The fourth-order valence-corrected chi connectivity index (χ4v) is 5.58. The van der Waals surface area contributed by atoms with Gasteiger partial charge in [-0.15, -0.1) is 0 Å². The summed E-state index contributed by atoms with van der Waals surface area (Å²) in [5, 5.41) is 4.52. The summed E-state index contributed by atoms with van der Waals surface area (Å²) < 4.78 is 15.0. The van der Waals surface area contributed by atoms with Crippen LogP contribution in [0.3, 0.4) is 0 Å². The highest BCUT2D eigenvalue weighted by Crippen LogP contribution is 2.35. The molecule has 0 bridgehead atoms. The maximum atomic E-state index is 15.0. The van der Waals surface area contributed by atoms with Gasteiger partial charge in [-0.2, -0.15) is 0 Å². The lowest BCUT2D eigenvalue weighted by molar-refractivity contribution is -0.133. The highest BCUT2D eigenvalue weighted by Gasteiger charge is 2.34. The summed E-state index contributed by atoms with van der Waals surface area (Å²) in [6.07, 6.45) is 11.0. The molecule has 3 saturated carbocycles. The summed E-state index contributed by atoms with van der Waals surface area (Å²) >= 11 is 0. The molecule has 6 heteroatoms. The molecule has 0 radical (unpaired) electrons. The third kappa shape index (κ3) is 5.23. The molecule has 0 aliphatic heterocycles. The number of rotatable bonds is 8. The first kappa shape index (κ1) is 23.4.